The first-order chi connectivity index (χ1) is 7.90. The summed E-state index contributed by atoms with van der Waals surface area (Å²) in [6, 6.07) is 21.4. The molecule has 0 unspecified atom stereocenters. The van der Waals surface area contributed by atoms with Gasteiger partial charge in [0.2, 0.25) is 0 Å². The molecular formula is C14H12N2. The first-order valence-corrected chi connectivity index (χ1v) is 5.16. The van der Waals surface area contributed by atoms with Crippen LogP contribution in [0.25, 0.3) is 0 Å². The highest BCUT2D eigenvalue weighted by Gasteiger charge is 2.08. The van der Waals surface area contributed by atoms with Crippen LogP contribution in [0.2, 0.25) is 0 Å². The normalized spacial score (nSPS) is 11.4. The zero-order valence-corrected chi connectivity index (χ0v) is 8.80. The van der Waals surface area contributed by atoms with Crippen molar-refractivity contribution in [3.05, 3.63) is 66.2 Å². The van der Waals surface area contributed by atoms with Gasteiger partial charge >= 0.3 is 0 Å². The van der Waals surface area contributed by atoms with Crippen LogP contribution in [-0.4, -0.2) is 0 Å². The molecule has 0 amide bonds. The molecular weight excluding hydrogens is 196 g/mol. The van der Waals surface area contributed by atoms with E-state index >= 15 is 0 Å². The number of nitrogens with one attached hydrogen (secondary N) is 1. The zero-order valence-electron chi connectivity index (χ0n) is 8.80. The van der Waals surface area contributed by atoms with Gasteiger partial charge in [-0.3, -0.25) is 0 Å². The van der Waals surface area contributed by atoms with Crippen molar-refractivity contribution in [1.29, 1.82) is 5.26 Å². The Morgan fingerprint density at radius 3 is 2.00 bits per heavy atom. The number of anilines is 1. The summed E-state index contributed by atoms with van der Waals surface area (Å²) in [6.45, 7) is 0. The maximum atomic E-state index is 9.13. The molecule has 0 spiro atoms. The lowest BCUT2D eigenvalue weighted by Gasteiger charge is -2.12. The molecule has 0 fully saturated rings. The van der Waals surface area contributed by atoms with Gasteiger partial charge in [-0.2, -0.15) is 5.26 Å². The van der Waals surface area contributed by atoms with Crippen LogP contribution in [-0.2, 0) is 0 Å². The number of nitrogens with zero attached hydrogens (tertiary/aromatic N) is 1. The Kier molecular flexibility index (Phi) is 3.20. The molecule has 78 valence electrons. The molecule has 0 aliphatic carbocycles. The summed E-state index contributed by atoms with van der Waals surface area (Å²) in [4.78, 5) is 0. The van der Waals surface area contributed by atoms with E-state index in [1.807, 2.05) is 60.7 Å². The molecule has 2 aromatic carbocycles. The number of nitriles is 1. The van der Waals surface area contributed by atoms with Gasteiger partial charge in [0.1, 0.15) is 6.04 Å². The monoisotopic (exact) mass is 208 g/mol. The van der Waals surface area contributed by atoms with Crippen molar-refractivity contribution < 1.29 is 0 Å². The topological polar surface area (TPSA) is 35.8 Å². The van der Waals surface area contributed by atoms with Crippen molar-refractivity contribution >= 4 is 5.69 Å². The Labute approximate surface area is 95.2 Å². The van der Waals surface area contributed by atoms with Crippen molar-refractivity contribution in [3.8, 4) is 6.07 Å². The fraction of sp³-hybridized carbons (Fsp3) is 0.0714. The van der Waals surface area contributed by atoms with Gasteiger partial charge in [-0.05, 0) is 17.7 Å². The van der Waals surface area contributed by atoms with E-state index in [-0.39, 0.29) is 6.04 Å². The van der Waals surface area contributed by atoms with Gasteiger partial charge in [0, 0.05) is 5.69 Å². The maximum absolute atomic E-state index is 9.13. The van der Waals surface area contributed by atoms with E-state index in [0.29, 0.717) is 0 Å². The third kappa shape index (κ3) is 2.40. The highest BCUT2D eigenvalue weighted by atomic mass is 14.9. The molecule has 2 rings (SSSR count). The zero-order chi connectivity index (χ0) is 11.2. The largest absolute Gasteiger partial charge is 0.366 e. The smallest absolute Gasteiger partial charge is 0.140 e. The molecule has 0 aliphatic rings. The highest BCUT2D eigenvalue weighted by Crippen LogP contribution is 2.18. The van der Waals surface area contributed by atoms with E-state index in [2.05, 4.69) is 11.4 Å². The van der Waals surface area contributed by atoms with Crippen LogP contribution in [0.1, 0.15) is 11.6 Å². The quantitative estimate of drug-likeness (QED) is 0.839. The Morgan fingerprint density at radius 2 is 1.44 bits per heavy atom. The molecule has 16 heavy (non-hydrogen) atoms. The van der Waals surface area contributed by atoms with E-state index in [9.17, 15) is 0 Å². The first kappa shape index (κ1) is 10.3. The van der Waals surface area contributed by atoms with Crippen molar-refractivity contribution in [3.63, 3.8) is 0 Å². The van der Waals surface area contributed by atoms with Gasteiger partial charge < -0.3 is 5.32 Å². The minimum atomic E-state index is -0.302. The van der Waals surface area contributed by atoms with Gasteiger partial charge in [0.15, 0.2) is 0 Å². The van der Waals surface area contributed by atoms with E-state index in [1.54, 1.807) is 0 Å². The lowest BCUT2D eigenvalue weighted by atomic mass is 10.1. The Bertz CT molecular complexity index is 471. The summed E-state index contributed by atoms with van der Waals surface area (Å²) in [5.74, 6) is 0. The predicted octanol–water partition coefficient (Wildman–Crippen LogP) is 3.36. The Morgan fingerprint density at radius 1 is 0.875 bits per heavy atom. The van der Waals surface area contributed by atoms with Gasteiger partial charge in [-0.15, -0.1) is 0 Å². The highest BCUT2D eigenvalue weighted by molar-refractivity contribution is 5.47. The number of hydrogen-bond donors (Lipinski definition) is 1. The van der Waals surface area contributed by atoms with Crippen molar-refractivity contribution in [1.82, 2.24) is 0 Å². The average Bonchev–Trinajstić information content (AvgIpc) is 2.38. The minimum absolute atomic E-state index is 0.302. The van der Waals surface area contributed by atoms with Gasteiger partial charge in [0.05, 0.1) is 6.07 Å². The Balaban J connectivity index is 2.17. The molecule has 2 nitrogen and oxygen atoms in total. The van der Waals surface area contributed by atoms with Crippen LogP contribution in [0.5, 0.6) is 0 Å². The third-order valence-corrected chi connectivity index (χ3v) is 2.35. The fourth-order valence-electron chi connectivity index (χ4n) is 1.54. The predicted molar refractivity (Wildman–Crippen MR) is 64.9 cm³/mol. The summed E-state index contributed by atoms with van der Waals surface area (Å²) in [6.07, 6.45) is 0. The molecule has 2 heteroatoms. The van der Waals surface area contributed by atoms with Gasteiger partial charge in [0.25, 0.3) is 0 Å². The molecule has 1 N–H and O–H groups in total. The molecule has 0 aliphatic heterocycles. The summed E-state index contributed by atoms with van der Waals surface area (Å²) in [5.41, 5.74) is 1.94. The van der Waals surface area contributed by atoms with Gasteiger partial charge in [-0.25, -0.2) is 0 Å². The standard InChI is InChI=1S/C14H12N2/c15-11-14(12-7-3-1-4-8-12)16-13-9-5-2-6-10-13/h1-10,14,16H/t14-/m0/s1. The molecule has 2 aromatic rings. The lowest BCUT2D eigenvalue weighted by Crippen LogP contribution is -2.07. The Hall–Kier alpha value is -2.27. The summed E-state index contributed by atoms with van der Waals surface area (Å²) >= 11 is 0. The SMILES string of the molecule is N#C[C@H](Nc1ccccc1)c1ccccc1. The molecule has 1 atom stereocenters. The number of hydrogen-bond acceptors (Lipinski definition) is 2. The van der Waals surface area contributed by atoms with E-state index in [1.165, 1.54) is 0 Å². The molecule has 0 saturated heterocycles. The number of para-hydroxylation sites is 1. The minimum Gasteiger partial charge on any atom is -0.366 e. The molecule has 0 bridgehead atoms. The fourth-order valence-corrected chi connectivity index (χ4v) is 1.54. The number of benzene rings is 2. The summed E-state index contributed by atoms with van der Waals surface area (Å²) in [7, 11) is 0. The third-order valence-electron chi connectivity index (χ3n) is 2.35. The van der Waals surface area contributed by atoms with Crippen molar-refractivity contribution in [2.24, 2.45) is 0 Å². The number of rotatable bonds is 3. The first-order valence-electron chi connectivity index (χ1n) is 5.16. The second kappa shape index (κ2) is 4.99. The summed E-state index contributed by atoms with van der Waals surface area (Å²) in [5, 5.41) is 12.3. The molecule has 0 aromatic heterocycles. The molecule has 0 radical (unpaired) electrons. The van der Waals surface area contributed by atoms with Crippen LogP contribution in [0.15, 0.2) is 60.7 Å². The second-order valence-corrected chi connectivity index (χ2v) is 3.48. The molecule has 0 heterocycles. The summed E-state index contributed by atoms with van der Waals surface area (Å²) < 4.78 is 0. The van der Waals surface area contributed by atoms with Crippen LogP contribution < -0.4 is 5.32 Å². The van der Waals surface area contributed by atoms with Crippen LogP contribution >= 0.6 is 0 Å². The van der Waals surface area contributed by atoms with Crippen LogP contribution in [0.4, 0.5) is 5.69 Å². The molecule has 0 saturated carbocycles. The van der Waals surface area contributed by atoms with E-state index in [4.69, 9.17) is 5.26 Å². The van der Waals surface area contributed by atoms with Crippen LogP contribution in [0, 0.1) is 11.3 Å². The van der Waals surface area contributed by atoms with Crippen molar-refractivity contribution in [2.75, 3.05) is 5.32 Å². The maximum Gasteiger partial charge on any atom is 0.140 e. The second-order valence-electron chi connectivity index (χ2n) is 3.48. The van der Waals surface area contributed by atoms with E-state index < -0.39 is 0 Å². The lowest BCUT2D eigenvalue weighted by molar-refractivity contribution is 0.998. The van der Waals surface area contributed by atoms with Crippen LogP contribution in [0.3, 0.4) is 0 Å². The van der Waals surface area contributed by atoms with E-state index in [0.717, 1.165) is 11.3 Å². The van der Waals surface area contributed by atoms with Gasteiger partial charge in [-0.1, -0.05) is 48.5 Å². The van der Waals surface area contributed by atoms with Crippen molar-refractivity contribution in [2.45, 2.75) is 6.04 Å². The average molecular weight is 208 g/mol.